The highest BCUT2D eigenvalue weighted by Crippen LogP contribution is 2.32. The lowest BCUT2D eigenvalue weighted by atomic mass is 9.97. The highest BCUT2D eigenvalue weighted by atomic mass is 35.5. The second kappa shape index (κ2) is 7.10. The van der Waals surface area contributed by atoms with Crippen LogP contribution in [0, 0.1) is 5.82 Å². The lowest BCUT2D eigenvalue weighted by molar-refractivity contribution is 0.624. The monoisotopic (exact) mass is 363 g/mol. The van der Waals surface area contributed by atoms with Crippen LogP contribution in [0.4, 0.5) is 10.2 Å². The van der Waals surface area contributed by atoms with Crippen molar-refractivity contribution in [1.82, 2.24) is 9.97 Å². The normalized spacial score (nSPS) is 12.1. The summed E-state index contributed by atoms with van der Waals surface area (Å²) in [5, 5.41) is 4.86. The van der Waals surface area contributed by atoms with Crippen LogP contribution in [0.25, 0.3) is 10.9 Å². The third kappa shape index (κ3) is 3.37. The number of hydrogen-bond acceptors (Lipinski definition) is 3. The van der Waals surface area contributed by atoms with Gasteiger partial charge in [0.1, 0.15) is 11.6 Å². The van der Waals surface area contributed by atoms with Crippen LogP contribution in [0.2, 0.25) is 5.02 Å². The molecule has 2 aromatic carbocycles. The molecule has 26 heavy (non-hydrogen) atoms. The van der Waals surface area contributed by atoms with E-state index in [1.165, 1.54) is 12.1 Å². The van der Waals surface area contributed by atoms with Crippen LogP contribution in [-0.2, 0) is 0 Å². The van der Waals surface area contributed by atoms with Crippen molar-refractivity contribution >= 4 is 28.3 Å². The quantitative estimate of drug-likeness (QED) is 0.511. The third-order valence-electron chi connectivity index (χ3n) is 4.17. The number of pyridine rings is 2. The average Bonchev–Trinajstić information content (AvgIpc) is 2.67. The summed E-state index contributed by atoms with van der Waals surface area (Å²) >= 11 is 6.47. The third-order valence-corrected chi connectivity index (χ3v) is 4.48. The molecule has 0 fully saturated rings. The largest absolute Gasteiger partial charge is 0.359 e. The molecule has 4 rings (SSSR count). The van der Waals surface area contributed by atoms with E-state index in [1.807, 2.05) is 48.5 Å². The van der Waals surface area contributed by atoms with Crippen LogP contribution < -0.4 is 5.32 Å². The maximum absolute atomic E-state index is 13.8. The standard InChI is InChI=1S/C21H15ClFN3/c22-18-12-15(13-19-17(18)7-4-10-24-19)21(14-5-3-6-16(23)11-14)26-20-8-1-2-9-25-20/h1-13,21H,(H,25,26). The van der Waals surface area contributed by atoms with Gasteiger partial charge in [-0.3, -0.25) is 4.98 Å². The van der Waals surface area contributed by atoms with Gasteiger partial charge >= 0.3 is 0 Å². The van der Waals surface area contributed by atoms with Gasteiger partial charge in [0, 0.05) is 17.8 Å². The van der Waals surface area contributed by atoms with Gasteiger partial charge in [-0.05, 0) is 59.7 Å². The lowest BCUT2D eigenvalue weighted by Crippen LogP contribution is -2.13. The first-order chi connectivity index (χ1) is 12.7. The number of fused-ring (bicyclic) bond motifs is 1. The molecule has 0 aliphatic heterocycles. The van der Waals surface area contributed by atoms with Crippen molar-refractivity contribution in [1.29, 1.82) is 0 Å². The Hall–Kier alpha value is -2.98. The number of halogens is 2. The summed E-state index contributed by atoms with van der Waals surface area (Å²) in [5.41, 5.74) is 2.46. The number of hydrogen-bond donors (Lipinski definition) is 1. The topological polar surface area (TPSA) is 37.8 Å². The van der Waals surface area contributed by atoms with E-state index in [-0.39, 0.29) is 11.9 Å². The molecule has 1 unspecified atom stereocenters. The summed E-state index contributed by atoms with van der Waals surface area (Å²) < 4.78 is 13.8. The Bertz CT molecular complexity index is 1050. The van der Waals surface area contributed by atoms with Gasteiger partial charge in [0.05, 0.1) is 16.6 Å². The minimum atomic E-state index is -0.315. The number of rotatable bonds is 4. The molecule has 0 aliphatic carbocycles. The molecule has 0 saturated carbocycles. The lowest BCUT2D eigenvalue weighted by Gasteiger charge is -2.21. The van der Waals surface area contributed by atoms with Crippen LogP contribution in [0.1, 0.15) is 17.2 Å². The van der Waals surface area contributed by atoms with Crippen molar-refractivity contribution < 1.29 is 4.39 Å². The van der Waals surface area contributed by atoms with Gasteiger partial charge in [-0.1, -0.05) is 29.8 Å². The van der Waals surface area contributed by atoms with Crippen molar-refractivity contribution in [3.8, 4) is 0 Å². The molecular formula is C21H15ClFN3. The molecule has 0 aliphatic rings. The predicted molar refractivity (Wildman–Crippen MR) is 103 cm³/mol. The van der Waals surface area contributed by atoms with Crippen molar-refractivity contribution in [3.63, 3.8) is 0 Å². The molecule has 0 amide bonds. The molecule has 3 nitrogen and oxygen atoms in total. The van der Waals surface area contributed by atoms with Crippen LogP contribution >= 0.6 is 11.6 Å². The molecule has 4 aromatic rings. The van der Waals surface area contributed by atoms with Crippen molar-refractivity contribution in [2.75, 3.05) is 5.32 Å². The molecule has 2 heterocycles. The fourth-order valence-electron chi connectivity index (χ4n) is 2.97. The SMILES string of the molecule is Fc1cccc(C(Nc2ccccn2)c2cc(Cl)c3cccnc3c2)c1. The molecule has 0 radical (unpaired) electrons. The Labute approximate surface area is 155 Å². The first-order valence-electron chi connectivity index (χ1n) is 8.18. The summed E-state index contributed by atoms with van der Waals surface area (Å²) in [5.74, 6) is 0.402. The summed E-state index contributed by atoms with van der Waals surface area (Å²) in [6, 6.07) is 19.4. The first-order valence-corrected chi connectivity index (χ1v) is 8.56. The molecule has 2 aromatic heterocycles. The van der Waals surface area contributed by atoms with Crippen molar-refractivity contribution in [2.24, 2.45) is 0 Å². The van der Waals surface area contributed by atoms with E-state index in [4.69, 9.17) is 11.6 Å². The van der Waals surface area contributed by atoms with E-state index >= 15 is 0 Å². The smallest absolute Gasteiger partial charge is 0.126 e. The highest BCUT2D eigenvalue weighted by molar-refractivity contribution is 6.35. The first kappa shape index (κ1) is 16.5. The molecule has 0 spiro atoms. The summed E-state index contributed by atoms with van der Waals surface area (Å²) in [7, 11) is 0. The predicted octanol–water partition coefficient (Wildman–Crippen LogP) is 5.62. The Morgan fingerprint density at radius 1 is 0.846 bits per heavy atom. The molecular weight excluding hydrogens is 349 g/mol. The zero-order valence-corrected chi connectivity index (χ0v) is 14.5. The van der Waals surface area contributed by atoms with Crippen LogP contribution in [0.3, 0.4) is 0 Å². The second-order valence-electron chi connectivity index (χ2n) is 5.92. The maximum atomic E-state index is 13.8. The van der Waals surface area contributed by atoms with E-state index in [2.05, 4.69) is 15.3 Å². The molecule has 5 heteroatoms. The van der Waals surface area contributed by atoms with E-state index in [9.17, 15) is 4.39 Å². The summed E-state index contributed by atoms with van der Waals surface area (Å²) in [6.45, 7) is 0. The number of aromatic nitrogens is 2. The van der Waals surface area contributed by atoms with Gasteiger partial charge in [-0.25, -0.2) is 9.37 Å². The molecule has 0 saturated heterocycles. The highest BCUT2D eigenvalue weighted by Gasteiger charge is 2.17. The van der Waals surface area contributed by atoms with E-state index < -0.39 is 0 Å². The fourth-order valence-corrected chi connectivity index (χ4v) is 3.25. The minimum absolute atomic E-state index is 0.291. The van der Waals surface area contributed by atoms with E-state index in [0.29, 0.717) is 10.8 Å². The Balaban J connectivity index is 1.84. The molecule has 128 valence electrons. The zero-order chi connectivity index (χ0) is 17.9. The Morgan fingerprint density at radius 2 is 1.73 bits per heavy atom. The molecule has 1 N–H and O–H groups in total. The molecule has 0 bridgehead atoms. The number of benzene rings is 2. The van der Waals surface area contributed by atoms with Crippen molar-refractivity contribution in [3.05, 3.63) is 101 Å². The average molecular weight is 364 g/mol. The number of anilines is 1. The maximum Gasteiger partial charge on any atom is 0.126 e. The van der Waals surface area contributed by atoms with Crippen LogP contribution in [0.15, 0.2) is 79.1 Å². The Morgan fingerprint density at radius 3 is 2.54 bits per heavy atom. The summed E-state index contributed by atoms with van der Waals surface area (Å²) in [6.07, 6.45) is 3.44. The Kier molecular flexibility index (Phi) is 4.50. The van der Waals surface area contributed by atoms with E-state index in [1.54, 1.807) is 18.5 Å². The van der Waals surface area contributed by atoms with Gasteiger partial charge in [-0.15, -0.1) is 0 Å². The molecule has 1 atom stereocenters. The van der Waals surface area contributed by atoms with Crippen LogP contribution in [-0.4, -0.2) is 9.97 Å². The van der Waals surface area contributed by atoms with Gasteiger partial charge in [0.2, 0.25) is 0 Å². The minimum Gasteiger partial charge on any atom is -0.359 e. The number of nitrogens with one attached hydrogen (secondary N) is 1. The number of nitrogens with zero attached hydrogens (tertiary/aromatic N) is 2. The van der Waals surface area contributed by atoms with Gasteiger partial charge in [-0.2, -0.15) is 0 Å². The van der Waals surface area contributed by atoms with Crippen molar-refractivity contribution in [2.45, 2.75) is 6.04 Å². The summed E-state index contributed by atoms with van der Waals surface area (Å²) in [4.78, 5) is 8.72. The van der Waals surface area contributed by atoms with Gasteiger partial charge < -0.3 is 5.32 Å². The van der Waals surface area contributed by atoms with Gasteiger partial charge in [0.15, 0.2) is 0 Å². The van der Waals surface area contributed by atoms with E-state index in [0.717, 1.165) is 22.0 Å². The second-order valence-corrected chi connectivity index (χ2v) is 6.33. The van der Waals surface area contributed by atoms with Crippen LogP contribution in [0.5, 0.6) is 0 Å². The fraction of sp³-hybridized carbons (Fsp3) is 0.0476. The zero-order valence-electron chi connectivity index (χ0n) is 13.7. The van der Waals surface area contributed by atoms with Gasteiger partial charge in [0.25, 0.3) is 0 Å².